The van der Waals surface area contributed by atoms with E-state index in [0.717, 1.165) is 0 Å². The number of carboxylic acids is 1. The lowest BCUT2D eigenvalue weighted by atomic mass is 10.0. The van der Waals surface area contributed by atoms with E-state index >= 15 is 0 Å². The van der Waals surface area contributed by atoms with Gasteiger partial charge in [0, 0.05) is 19.5 Å². The predicted molar refractivity (Wildman–Crippen MR) is 65.8 cm³/mol. The number of carboxylic acid groups (broad SMARTS) is 1. The third kappa shape index (κ3) is 2.66. The average Bonchev–Trinajstić information content (AvgIpc) is 2.70. The molecule has 2 N–H and O–H groups in total. The fourth-order valence-electron chi connectivity index (χ4n) is 2.63. The molecule has 0 aromatic heterocycles. The number of nitrogens with zero attached hydrogens (tertiary/aromatic N) is 2. The Hall–Kier alpha value is -1.34. The molecule has 0 aromatic carbocycles. The van der Waals surface area contributed by atoms with Crippen molar-refractivity contribution < 1.29 is 24.5 Å². The van der Waals surface area contributed by atoms with Crippen LogP contribution in [0, 0.1) is 0 Å². The number of hydrogen-bond acceptors (Lipinski definition) is 4. The zero-order chi connectivity index (χ0) is 14.2. The topological polar surface area (TPSA) is 90.3 Å². The minimum atomic E-state index is -1.07. The Labute approximate surface area is 111 Å². The van der Waals surface area contributed by atoms with Crippen molar-refractivity contribution in [1.82, 2.24) is 9.80 Å². The number of carbonyl (C=O) groups is 2. The van der Waals surface area contributed by atoms with Crippen LogP contribution < -0.4 is 0 Å². The van der Waals surface area contributed by atoms with Gasteiger partial charge in [-0.2, -0.15) is 0 Å². The minimum absolute atomic E-state index is 0.0727. The van der Waals surface area contributed by atoms with Gasteiger partial charge >= 0.3 is 12.0 Å². The summed E-state index contributed by atoms with van der Waals surface area (Å²) in [5, 5.41) is 18.7. The second kappa shape index (κ2) is 4.97. The van der Waals surface area contributed by atoms with Gasteiger partial charge in [0.25, 0.3) is 0 Å². The summed E-state index contributed by atoms with van der Waals surface area (Å²) in [4.78, 5) is 26.5. The fraction of sp³-hybridized carbons (Fsp3) is 0.833. The van der Waals surface area contributed by atoms with Crippen molar-refractivity contribution >= 4 is 12.0 Å². The van der Waals surface area contributed by atoms with Crippen molar-refractivity contribution in [2.24, 2.45) is 0 Å². The van der Waals surface area contributed by atoms with Crippen molar-refractivity contribution in [1.29, 1.82) is 0 Å². The molecule has 108 valence electrons. The molecule has 0 bridgehead atoms. The number of aliphatic hydroxyl groups is 1. The summed E-state index contributed by atoms with van der Waals surface area (Å²) in [6.07, 6.45) is -0.680. The number of morpholine rings is 1. The standard InChI is InChI=1S/C12H20N2O5/c1-12(2)7-19-4-3-14(12)11(18)13-6-8(15)5-9(13)10(16)17/h8-9,15H,3-7H2,1-2H3,(H,16,17)/t8-,9+/m1/s1. The van der Waals surface area contributed by atoms with Gasteiger partial charge in [0.15, 0.2) is 0 Å². The molecule has 2 aliphatic heterocycles. The highest BCUT2D eigenvalue weighted by Gasteiger charge is 2.44. The van der Waals surface area contributed by atoms with E-state index in [-0.39, 0.29) is 19.0 Å². The zero-order valence-corrected chi connectivity index (χ0v) is 11.2. The lowest BCUT2D eigenvalue weighted by molar-refractivity contribution is -0.141. The second-order valence-corrected chi connectivity index (χ2v) is 5.70. The van der Waals surface area contributed by atoms with Crippen molar-refractivity contribution in [2.45, 2.75) is 38.0 Å². The molecule has 2 aliphatic rings. The number of aliphatic hydroxyl groups excluding tert-OH is 1. The maximum Gasteiger partial charge on any atom is 0.326 e. The molecule has 2 atom stereocenters. The Bertz CT molecular complexity index is 384. The van der Waals surface area contributed by atoms with Gasteiger partial charge in [0.05, 0.1) is 24.9 Å². The van der Waals surface area contributed by atoms with E-state index in [4.69, 9.17) is 9.84 Å². The molecule has 2 heterocycles. The van der Waals surface area contributed by atoms with Crippen molar-refractivity contribution in [3.63, 3.8) is 0 Å². The van der Waals surface area contributed by atoms with Gasteiger partial charge in [0.2, 0.25) is 0 Å². The molecule has 0 saturated carbocycles. The van der Waals surface area contributed by atoms with E-state index < -0.39 is 23.7 Å². The maximum absolute atomic E-state index is 12.5. The highest BCUT2D eigenvalue weighted by atomic mass is 16.5. The normalized spacial score (nSPS) is 30.5. The lowest BCUT2D eigenvalue weighted by Gasteiger charge is -2.44. The highest BCUT2D eigenvalue weighted by Crippen LogP contribution is 2.25. The molecule has 0 aliphatic carbocycles. The van der Waals surface area contributed by atoms with Crippen LogP contribution in [0.25, 0.3) is 0 Å². The molecule has 0 spiro atoms. The Morgan fingerprint density at radius 2 is 2.05 bits per heavy atom. The number of likely N-dealkylation sites (tertiary alicyclic amines) is 1. The molecular formula is C12H20N2O5. The van der Waals surface area contributed by atoms with Crippen LogP contribution in [-0.2, 0) is 9.53 Å². The van der Waals surface area contributed by atoms with Gasteiger partial charge in [-0.3, -0.25) is 0 Å². The molecule has 7 nitrogen and oxygen atoms in total. The first-order chi connectivity index (χ1) is 8.83. The number of rotatable bonds is 1. The Kier molecular flexibility index (Phi) is 3.69. The molecule has 0 unspecified atom stereocenters. The highest BCUT2D eigenvalue weighted by molar-refractivity contribution is 5.84. The summed E-state index contributed by atoms with van der Waals surface area (Å²) in [6, 6.07) is -1.28. The first kappa shape index (κ1) is 14.1. The number of carbonyl (C=O) groups excluding carboxylic acids is 1. The van der Waals surface area contributed by atoms with E-state index in [0.29, 0.717) is 19.8 Å². The van der Waals surface area contributed by atoms with Gasteiger partial charge in [-0.05, 0) is 13.8 Å². The Morgan fingerprint density at radius 3 is 2.63 bits per heavy atom. The van der Waals surface area contributed by atoms with Crippen molar-refractivity contribution in [3.8, 4) is 0 Å². The number of hydrogen-bond donors (Lipinski definition) is 2. The third-order valence-corrected chi connectivity index (χ3v) is 3.69. The molecule has 0 radical (unpaired) electrons. The van der Waals surface area contributed by atoms with E-state index in [1.807, 2.05) is 13.8 Å². The van der Waals surface area contributed by atoms with Gasteiger partial charge in [-0.25, -0.2) is 9.59 Å². The van der Waals surface area contributed by atoms with Gasteiger partial charge < -0.3 is 24.7 Å². The van der Waals surface area contributed by atoms with Gasteiger partial charge in [0.1, 0.15) is 6.04 Å². The Balaban J connectivity index is 2.16. The molecule has 2 amide bonds. The molecule has 19 heavy (non-hydrogen) atoms. The quantitative estimate of drug-likeness (QED) is 0.686. The molecule has 2 fully saturated rings. The van der Waals surface area contributed by atoms with Crippen LogP contribution in [0.3, 0.4) is 0 Å². The summed E-state index contributed by atoms with van der Waals surface area (Å²) in [5.74, 6) is -1.07. The third-order valence-electron chi connectivity index (χ3n) is 3.69. The summed E-state index contributed by atoms with van der Waals surface area (Å²) in [6.45, 7) is 5.14. The number of urea groups is 1. The van der Waals surface area contributed by atoms with Crippen LogP contribution in [-0.4, -0.2) is 76.0 Å². The van der Waals surface area contributed by atoms with E-state index in [9.17, 15) is 14.7 Å². The van der Waals surface area contributed by atoms with Crippen LogP contribution in [0.2, 0.25) is 0 Å². The first-order valence-corrected chi connectivity index (χ1v) is 6.40. The summed E-state index contributed by atoms with van der Waals surface area (Å²) < 4.78 is 5.35. The lowest BCUT2D eigenvalue weighted by Crippen LogP contribution is -2.60. The van der Waals surface area contributed by atoms with Crippen LogP contribution in [0.15, 0.2) is 0 Å². The SMILES string of the molecule is CC1(C)COCCN1C(=O)N1C[C@H](O)C[C@H]1C(=O)O. The predicted octanol–water partition coefficient (Wildman–Crippen LogP) is -0.263. The van der Waals surface area contributed by atoms with Crippen LogP contribution in [0.4, 0.5) is 4.79 Å². The second-order valence-electron chi connectivity index (χ2n) is 5.70. The summed E-state index contributed by atoms with van der Waals surface area (Å²) in [7, 11) is 0. The largest absolute Gasteiger partial charge is 0.480 e. The van der Waals surface area contributed by atoms with E-state index in [1.165, 1.54) is 4.90 Å². The molecular weight excluding hydrogens is 252 g/mol. The first-order valence-electron chi connectivity index (χ1n) is 6.40. The summed E-state index contributed by atoms with van der Waals surface area (Å²) >= 11 is 0. The fourth-order valence-corrected chi connectivity index (χ4v) is 2.63. The van der Waals surface area contributed by atoms with Gasteiger partial charge in [-0.1, -0.05) is 0 Å². The molecule has 7 heteroatoms. The smallest absolute Gasteiger partial charge is 0.326 e. The minimum Gasteiger partial charge on any atom is -0.480 e. The molecule has 2 saturated heterocycles. The zero-order valence-electron chi connectivity index (χ0n) is 11.2. The monoisotopic (exact) mass is 272 g/mol. The Morgan fingerprint density at radius 1 is 1.37 bits per heavy atom. The maximum atomic E-state index is 12.5. The van der Waals surface area contributed by atoms with Crippen LogP contribution in [0.1, 0.15) is 20.3 Å². The number of ether oxygens (including phenoxy) is 1. The number of β-amino-alcohol motifs (C(OH)–C–C–N with tert-alkyl or cyclic N) is 1. The number of amides is 2. The van der Waals surface area contributed by atoms with E-state index in [2.05, 4.69) is 0 Å². The number of aliphatic carboxylic acids is 1. The molecule has 0 aromatic rings. The van der Waals surface area contributed by atoms with Crippen LogP contribution >= 0.6 is 0 Å². The van der Waals surface area contributed by atoms with Gasteiger partial charge in [-0.15, -0.1) is 0 Å². The summed E-state index contributed by atoms with van der Waals surface area (Å²) in [5.41, 5.74) is -0.466. The van der Waals surface area contributed by atoms with Crippen molar-refractivity contribution in [3.05, 3.63) is 0 Å². The van der Waals surface area contributed by atoms with E-state index in [1.54, 1.807) is 4.90 Å². The molecule has 2 rings (SSSR count). The van der Waals surface area contributed by atoms with Crippen LogP contribution in [0.5, 0.6) is 0 Å². The average molecular weight is 272 g/mol. The van der Waals surface area contributed by atoms with Crippen molar-refractivity contribution in [2.75, 3.05) is 26.3 Å².